The van der Waals surface area contributed by atoms with E-state index < -0.39 is 5.37 Å². The molecule has 0 radical (unpaired) electrons. The molecular formula is C23H19NO7S. The minimum absolute atomic E-state index is 0.113. The molecule has 1 saturated heterocycles. The number of ether oxygens (including phenoxy) is 3. The highest BCUT2D eigenvalue weighted by molar-refractivity contribution is 8.00. The van der Waals surface area contributed by atoms with Gasteiger partial charge in [0.2, 0.25) is 11.7 Å². The number of benzene rings is 2. The average Bonchev–Trinajstić information content (AvgIpc) is 3.44. The number of rotatable bonds is 5. The molecule has 0 bridgehead atoms. The minimum Gasteiger partial charge on any atom is -0.495 e. The molecule has 1 atom stereocenters. The Kier molecular flexibility index (Phi) is 4.97. The molecule has 9 heteroatoms. The van der Waals surface area contributed by atoms with E-state index in [0.717, 1.165) is 0 Å². The number of nitrogens with zero attached hydrogens (tertiary/aromatic N) is 1. The molecule has 1 unspecified atom stereocenters. The molecule has 32 heavy (non-hydrogen) atoms. The Morgan fingerprint density at radius 3 is 2.53 bits per heavy atom. The van der Waals surface area contributed by atoms with E-state index in [9.17, 15) is 9.59 Å². The van der Waals surface area contributed by atoms with Crippen LogP contribution in [0.25, 0.3) is 21.9 Å². The summed E-state index contributed by atoms with van der Waals surface area (Å²) in [5.74, 6) is 1.63. The Morgan fingerprint density at radius 2 is 1.78 bits per heavy atom. The Hall–Kier alpha value is -3.59. The van der Waals surface area contributed by atoms with Gasteiger partial charge in [0.25, 0.3) is 0 Å². The number of para-hydroxylation sites is 2. The van der Waals surface area contributed by atoms with E-state index in [1.54, 1.807) is 30.2 Å². The van der Waals surface area contributed by atoms with Crippen LogP contribution in [0.5, 0.6) is 17.2 Å². The van der Waals surface area contributed by atoms with Crippen molar-refractivity contribution in [3.05, 3.63) is 58.6 Å². The highest BCUT2D eigenvalue weighted by Gasteiger charge is 2.38. The molecule has 0 spiro atoms. The number of fused-ring (bicyclic) bond motifs is 2. The van der Waals surface area contributed by atoms with E-state index >= 15 is 0 Å². The fourth-order valence-electron chi connectivity index (χ4n) is 4.03. The van der Waals surface area contributed by atoms with Crippen LogP contribution in [0.15, 0.2) is 56.3 Å². The maximum Gasteiger partial charge on any atom is 0.238 e. The fraction of sp³-hybridized carbons (Fsp3) is 0.217. The van der Waals surface area contributed by atoms with Crippen LogP contribution in [0, 0.1) is 0 Å². The quantitative estimate of drug-likeness (QED) is 0.441. The monoisotopic (exact) mass is 453 g/mol. The van der Waals surface area contributed by atoms with Gasteiger partial charge in [-0.15, -0.1) is 11.8 Å². The molecule has 1 amide bonds. The summed E-state index contributed by atoms with van der Waals surface area (Å²) in [6.07, 6.45) is 1.49. The van der Waals surface area contributed by atoms with E-state index in [-0.39, 0.29) is 33.8 Å². The van der Waals surface area contributed by atoms with Gasteiger partial charge < -0.3 is 23.0 Å². The van der Waals surface area contributed by atoms with Gasteiger partial charge in [-0.2, -0.15) is 0 Å². The number of hydrogen-bond acceptors (Lipinski definition) is 8. The topological polar surface area (TPSA) is 91.4 Å². The van der Waals surface area contributed by atoms with Crippen molar-refractivity contribution in [3.8, 4) is 17.2 Å². The summed E-state index contributed by atoms with van der Waals surface area (Å²) in [5, 5.41) is 0.303. The number of methoxy groups -OCH3 is 3. The van der Waals surface area contributed by atoms with Crippen LogP contribution in [0.1, 0.15) is 11.1 Å². The number of furan rings is 1. The van der Waals surface area contributed by atoms with Crippen molar-refractivity contribution in [1.82, 2.24) is 0 Å². The van der Waals surface area contributed by atoms with Crippen molar-refractivity contribution in [2.24, 2.45) is 0 Å². The van der Waals surface area contributed by atoms with Gasteiger partial charge in [0.15, 0.2) is 16.6 Å². The number of thioether (sulfide) groups is 1. The molecule has 0 aliphatic carbocycles. The third kappa shape index (κ3) is 2.92. The van der Waals surface area contributed by atoms with Crippen LogP contribution >= 0.6 is 11.8 Å². The fourth-order valence-corrected chi connectivity index (χ4v) is 5.13. The first kappa shape index (κ1) is 20.3. The molecule has 1 aliphatic heterocycles. The summed E-state index contributed by atoms with van der Waals surface area (Å²) < 4.78 is 28.3. The zero-order chi connectivity index (χ0) is 22.4. The first-order valence-corrected chi connectivity index (χ1v) is 10.8. The van der Waals surface area contributed by atoms with Gasteiger partial charge in [0.05, 0.1) is 44.4 Å². The van der Waals surface area contributed by atoms with Gasteiger partial charge in [-0.3, -0.25) is 14.5 Å². The summed E-state index contributed by atoms with van der Waals surface area (Å²) in [6, 6.07) is 10.3. The lowest BCUT2D eigenvalue weighted by atomic mass is 10.1. The lowest BCUT2D eigenvalue weighted by Crippen LogP contribution is -2.28. The number of amides is 1. The number of carbonyl (C=O) groups excluding carboxylic acids is 1. The molecule has 2 aromatic carbocycles. The first-order valence-electron chi connectivity index (χ1n) is 9.74. The normalized spacial score (nSPS) is 16.2. The summed E-state index contributed by atoms with van der Waals surface area (Å²) in [5.41, 5.74) is 0.909. The van der Waals surface area contributed by atoms with Crippen molar-refractivity contribution in [2.75, 3.05) is 32.0 Å². The lowest BCUT2D eigenvalue weighted by molar-refractivity contribution is -0.115. The summed E-state index contributed by atoms with van der Waals surface area (Å²) >= 11 is 1.36. The van der Waals surface area contributed by atoms with Gasteiger partial charge in [0.1, 0.15) is 28.0 Å². The maximum atomic E-state index is 13.3. The maximum absolute atomic E-state index is 13.3. The Morgan fingerprint density at radius 1 is 1.00 bits per heavy atom. The standard InChI is InChI=1S/C23H19NO7S/c1-27-15-7-5-4-6-13(15)24-17(26)11-32-23(24)16-10-14(25)18-19(28-2)12-8-9-30-20(12)22(29-3)21(18)31-16/h4-10,23H,11H2,1-3H3. The van der Waals surface area contributed by atoms with E-state index in [4.69, 9.17) is 23.0 Å². The van der Waals surface area contributed by atoms with E-state index in [2.05, 4.69) is 0 Å². The molecule has 1 fully saturated rings. The second-order valence-electron chi connectivity index (χ2n) is 7.05. The molecule has 3 heterocycles. The molecule has 2 aromatic heterocycles. The predicted octanol–water partition coefficient (Wildman–Crippen LogP) is 4.34. The highest BCUT2D eigenvalue weighted by Crippen LogP contribution is 2.47. The van der Waals surface area contributed by atoms with Gasteiger partial charge in [-0.25, -0.2) is 0 Å². The molecule has 0 N–H and O–H groups in total. The third-order valence-electron chi connectivity index (χ3n) is 5.38. The molecule has 8 nitrogen and oxygen atoms in total. The highest BCUT2D eigenvalue weighted by atomic mass is 32.2. The summed E-state index contributed by atoms with van der Waals surface area (Å²) in [7, 11) is 4.50. The average molecular weight is 453 g/mol. The van der Waals surface area contributed by atoms with Crippen LogP contribution < -0.4 is 24.5 Å². The van der Waals surface area contributed by atoms with E-state index in [0.29, 0.717) is 33.9 Å². The number of hydrogen-bond donors (Lipinski definition) is 0. The first-order chi connectivity index (χ1) is 15.6. The van der Waals surface area contributed by atoms with Crippen molar-refractivity contribution in [3.63, 3.8) is 0 Å². The molecule has 5 rings (SSSR count). The second-order valence-corrected chi connectivity index (χ2v) is 8.11. The molecule has 1 aliphatic rings. The Balaban J connectivity index is 1.75. The number of carbonyl (C=O) groups is 1. The Labute approximate surface area is 186 Å². The van der Waals surface area contributed by atoms with E-state index in [1.807, 2.05) is 12.1 Å². The molecular weight excluding hydrogens is 434 g/mol. The molecule has 0 saturated carbocycles. The van der Waals surface area contributed by atoms with Crippen LogP contribution in [-0.2, 0) is 4.79 Å². The third-order valence-corrected chi connectivity index (χ3v) is 6.55. The van der Waals surface area contributed by atoms with Crippen LogP contribution in [0.4, 0.5) is 5.69 Å². The summed E-state index contributed by atoms with van der Waals surface area (Å²) in [4.78, 5) is 27.6. The van der Waals surface area contributed by atoms with Crippen molar-refractivity contribution in [1.29, 1.82) is 0 Å². The zero-order valence-electron chi connectivity index (χ0n) is 17.5. The predicted molar refractivity (Wildman–Crippen MR) is 121 cm³/mol. The number of anilines is 1. The summed E-state index contributed by atoms with van der Waals surface area (Å²) in [6.45, 7) is 0. The van der Waals surface area contributed by atoms with Crippen molar-refractivity contribution in [2.45, 2.75) is 5.37 Å². The second kappa shape index (κ2) is 7.83. The van der Waals surface area contributed by atoms with Gasteiger partial charge in [-0.1, -0.05) is 12.1 Å². The van der Waals surface area contributed by atoms with Gasteiger partial charge >= 0.3 is 0 Å². The molecule has 164 valence electrons. The SMILES string of the molecule is COc1ccccc1N1C(=O)CSC1c1cc(=O)c2c(OC)c3ccoc3c(OC)c2o1. The Bertz CT molecular complexity index is 1410. The van der Waals surface area contributed by atoms with Gasteiger partial charge in [-0.05, 0) is 18.2 Å². The van der Waals surface area contributed by atoms with Gasteiger partial charge in [0, 0.05) is 6.07 Å². The van der Waals surface area contributed by atoms with Crippen LogP contribution in [0.3, 0.4) is 0 Å². The lowest BCUT2D eigenvalue weighted by Gasteiger charge is -2.25. The largest absolute Gasteiger partial charge is 0.495 e. The van der Waals surface area contributed by atoms with Crippen LogP contribution in [-0.4, -0.2) is 33.0 Å². The van der Waals surface area contributed by atoms with Crippen molar-refractivity contribution >= 4 is 45.3 Å². The molecule has 4 aromatic rings. The van der Waals surface area contributed by atoms with E-state index in [1.165, 1.54) is 38.3 Å². The minimum atomic E-state index is -0.557. The smallest absolute Gasteiger partial charge is 0.238 e. The zero-order valence-corrected chi connectivity index (χ0v) is 18.4. The van der Waals surface area contributed by atoms with Crippen molar-refractivity contribution < 1.29 is 27.8 Å². The van der Waals surface area contributed by atoms with Crippen LogP contribution in [0.2, 0.25) is 0 Å².